The molecule has 0 aromatic heterocycles. The van der Waals surface area contributed by atoms with E-state index in [2.05, 4.69) is 25.1 Å². The Morgan fingerprint density at radius 3 is 2.75 bits per heavy atom. The summed E-state index contributed by atoms with van der Waals surface area (Å²) in [5, 5.41) is 4.03. The molecule has 0 bridgehead atoms. The maximum Gasteiger partial charge on any atom is 0.302 e. The first-order chi connectivity index (χ1) is 7.50. The van der Waals surface area contributed by atoms with Crippen molar-refractivity contribution in [3.63, 3.8) is 0 Å². The van der Waals surface area contributed by atoms with Crippen molar-refractivity contribution in [1.29, 1.82) is 0 Å². The third kappa shape index (κ3) is 3.68. The summed E-state index contributed by atoms with van der Waals surface area (Å²) in [6, 6.07) is 0. The zero-order chi connectivity index (χ0) is 12.1. The molecule has 0 saturated carbocycles. The SMILES string of the molecule is CC(=O)OCC1ON=C(CC=C(C)C)C1C. The van der Waals surface area contributed by atoms with Gasteiger partial charge in [0.05, 0.1) is 5.71 Å². The van der Waals surface area contributed by atoms with Crippen LogP contribution in [0.2, 0.25) is 0 Å². The molecule has 0 amide bonds. The van der Waals surface area contributed by atoms with Gasteiger partial charge in [0.25, 0.3) is 0 Å². The third-order valence-corrected chi connectivity index (χ3v) is 2.56. The van der Waals surface area contributed by atoms with Crippen molar-refractivity contribution >= 4 is 11.7 Å². The van der Waals surface area contributed by atoms with Crippen LogP contribution in [0.25, 0.3) is 0 Å². The summed E-state index contributed by atoms with van der Waals surface area (Å²) >= 11 is 0. The molecule has 90 valence electrons. The fourth-order valence-electron chi connectivity index (χ4n) is 1.43. The predicted octanol–water partition coefficient (Wildman–Crippen LogP) is 2.30. The fourth-order valence-corrected chi connectivity index (χ4v) is 1.43. The molecule has 1 aliphatic heterocycles. The van der Waals surface area contributed by atoms with Crippen molar-refractivity contribution in [1.82, 2.24) is 0 Å². The van der Waals surface area contributed by atoms with Crippen molar-refractivity contribution < 1.29 is 14.4 Å². The second-order valence-electron chi connectivity index (χ2n) is 4.30. The van der Waals surface area contributed by atoms with Crippen molar-refractivity contribution in [3.05, 3.63) is 11.6 Å². The molecule has 0 aromatic rings. The first-order valence-corrected chi connectivity index (χ1v) is 5.50. The number of ether oxygens (including phenoxy) is 1. The van der Waals surface area contributed by atoms with E-state index in [-0.39, 0.29) is 24.6 Å². The average Bonchev–Trinajstić information content (AvgIpc) is 2.53. The molecule has 1 rings (SSSR count). The number of allylic oxidation sites excluding steroid dienone is 2. The van der Waals surface area contributed by atoms with E-state index in [1.807, 2.05) is 6.92 Å². The largest absolute Gasteiger partial charge is 0.462 e. The molecule has 0 aliphatic carbocycles. The monoisotopic (exact) mass is 225 g/mol. The van der Waals surface area contributed by atoms with Gasteiger partial charge in [-0.1, -0.05) is 23.7 Å². The summed E-state index contributed by atoms with van der Waals surface area (Å²) in [6.07, 6.45) is 2.79. The molecule has 2 atom stereocenters. The predicted molar refractivity (Wildman–Crippen MR) is 62.2 cm³/mol. The number of nitrogens with zero attached hydrogens (tertiary/aromatic N) is 1. The van der Waals surface area contributed by atoms with Crippen LogP contribution in [0, 0.1) is 5.92 Å². The van der Waals surface area contributed by atoms with Gasteiger partial charge in [0.15, 0.2) is 6.10 Å². The van der Waals surface area contributed by atoms with Crippen LogP contribution in [0.4, 0.5) is 0 Å². The number of carbonyl (C=O) groups is 1. The van der Waals surface area contributed by atoms with Crippen molar-refractivity contribution in [2.24, 2.45) is 11.1 Å². The number of hydrogen-bond donors (Lipinski definition) is 0. The molecule has 2 unspecified atom stereocenters. The van der Waals surface area contributed by atoms with Crippen LogP contribution >= 0.6 is 0 Å². The molecule has 1 aliphatic rings. The van der Waals surface area contributed by atoms with Gasteiger partial charge < -0.3 is 9.57 Å². The van der Waals surface area contributed by atoms with Gasteiger partial charge in [0, 0.05) is 19.3 Å². The first kappa shape index (κ1) is 12.7. The summed E-state index contributed by atoms with van der Waals surface area (Å²) in [6.45, 7) is 7.82. The fraction of sp³-hybridized carbons (Fsp3) is 0.667. The molecule has 16 heavy (non-hydrogen) atoms. The van der Waals surface area contributed by atoms with Crippen LogP contribution in [0.3, 0.4) is 0 Å². The van der Waals surface area contributed by atoms with E-state index in [1.165, 1.54) is 12.5 Å². The third-order valence-electron chi connectivity index (χ3n) is 2.56. The lowest BCUT2D eigenvalue weighted by molar-refractivity contribution is -0.145. The van der Waals surface area contributed by atoms with E-state index in [9.17, 15) is 4.79 Å². The lowest BCUT2D eigenvalue weighted by Gasteiger charge is -2.13. The van der Waals surface area contributed by atoms with Crippen LogP contribution in [-0.2, 0) is 14.4 Å². The normalized spacial score (nSPS) is 23.4. The van der Waals surface area contributed by atoms with Gasteiger partial charge in [-0.05, 0) is 13.8 Å². The summed E-state index contributed by atoms with van der Waals surface area (Å²) in [4.78, 5) is 15.9. The van der Waals surface area contributed by atoms with Crippen LogP contribution in [0.1, 0.15) is 34.1 Å². The molecule has 4 heteroatoms. The molecule has 0 aromatic carbocycles. The highest BCUT2D eigenvalue weighted by molar-refractivity contribution is 5.88. The first-order valence-electron chi connectivity index (χ1n) is 5.50. The Morgan fingerprint density at radius 2 is 2.19 bits per heavy atom. The van der Waals surface area contributed by atoms with E-state index < -0.39 is 0 Å². The molecule has 0 saturated heterocycles. The van der Waals surface area contributed by atoms with E-state index in [0.29, 0.717) is 0 Å². The van der Waals surface area contributed by atoms with E-state index in [0.717, 1.165) is 12.1 Å². The van der Waals surface area contributed by atoms with Gasteiger partial charge in [-0.15, -0.1) is 0 Å². The number of rotatable bonds is 4. The number of hydrogen-bond acceptors (Lipinski definition) is 4. The maximum absolute atomic E-state index is 10.7. The zero-order valence-electron chi connectivity index (χ0n) is 10.3. The Balaban J connectivity index is 2.42. The second-order valence-corrected chi connectivity index (χ2v) is 4.30. The summed E-state index contributed by atoms with van der Waals surface area (Å²) < 4.78 is 4.92. The Morgan fingerprint density at radius 1 is 1.50 bits per heavy atom. The minimum absolute atomic E-state index is 0.135. The van der Waals surface area contributed by atoms with Gasteiger partial charge in [-0.3, -0.25) is 4.79 Å². The quantitative estimate of drug-likeness (QED) is 0.545. The van der Waals surface area contributed by atoms with Gasteiger partial charge >= 0.3 is 5.97 Å². The minimum Gasteiger partial charge on any atom is -0.462 e. The molecule has 4 nitrogen and oxygen atoms in total. The summed E-state index contributed by atoms with van der Waals surface area (Å²) in [5.41, 5.74) is 2.27. The number of oxime groups is 1. The van der Waals surface area contributed by atoms with Gasteiger partial charge in [0.2, 0.25) is 0 Å². The highest BCUT2D eigenvalue weighted by Gasteiger charge is 2.30. The van der Waals surface area contributed by atoms with E-state index in [1.54, 1.807) is 0 Å². The summed E-state index contributed by atoms with van der Waals surface area (Å²) in [7, 11) is 0. The highest BCUT2D eigenvalue weighted by Crippen LogP contribution is 2.21. The average molecular weight is 225 g/mol. The van der Waals surface area contributed by atoms with E-state index in [4.69, 9.17) is 9.57 Å². The minimum atomic E-state index is -0.284. The van der Waals surface area contributed by atoms with Gasteiger partial charge in [0.1, 0.15) is 6.61 Å². The number of esters is 1. The maximum atomic E-state index is 10.7. The van der Waals surface area contributed by atoms with Crippen LogP contribution in [0.5, 0.6) is 0 Å². The molecule has 1 heterocycles. The smallest absolute Gasteiger partial charge is 0.302 e. The van der Waals surface area contributed by atoms with Crippen molar-refractivity contribution in [3.8, 4) is 0 Å². The van der Waals surface area contributed by atoms with Crippen LogP contribution < -0.4 is 0 Å². The standard InChI is InChI=1S/C12H19NO3/c1-8(2)5-6-11-9(3)12(16-13-11)7-15-10(4)14/h5,9,12H,6-7H2,1-4H3. The van der Waals surface area contributed by atoms with Gasteiger partial charge in [-0.25, -0.2) is 0 Å². The Labute approximate surface area is 96.3 Å². The van der Waals surface area contributed by atoms with Gasteiger partial charge in [-0.2, -0.15) is 0 Å². The Hall–Kier alpha value is -1.32. The summed E-state index contributed by atoms with van der Waals surface area (Å²) in [5.74, 6) is -0.0801. The highest BCUT2D eigenvalue weighted by atomic mass is 16.7. The molecule has 0 radical (unpaired) electrons. The molecule has 0 N–H and O–H groups in total. The van der Waals surface area contributed by atoms with Crippen molar-refractivity contribution in [2.75, 3.05) is 6.61 Å². The molecule has 0 fully saturated rings. The zero-order valence-corrected chi connectivity index (χ0v) is 10.3. The van der Waals surface area contributed by atoms with Crippen LogP contribution in [-0.4, -0.2) is 24.4 Å². The molecular weight excluding hydrogens is 206 g/mol. The lowest BCUT2D eigenvalue weighted by atomic mass is 9.97. The Kier molecular flexibility index (Phi) is 4.52. The van der Waals surface area contributed by atoms with Crippen molar-refractivity contribution in [2.45, 2.75) is 40.2 Å². The molecule has 0 spiro atoms. The van der Waals surface area contributed by atoms with E-state index >= 15 is 0 Å². The topological polar surface area (TPSA) is 47.9 Å². The molecular formula is C12H19NO3. The second kappa shape index (κ2) is 5.68. The Bertz CT molecular complexity index is 316. The van der Waals surface area contributed by atoms with Crippen LogP contribution in [0.15, 0.2) is 16.8 Å². The number of carbonyl (C=O) groups excluding carboxylic acids is 1. The lowest BCUT2D eigenvalue weighted by Crippen LogP contribution is -2.26.